The summed E-state index contributed by atoms with van der Waals surface area (Å²) < 4.78 is 1.78. The first kappa shape index (κ1) is 19.0. The molecule has 0 saturated heterocycles. The third-order valence-electron chi connectivity index (χ3n) is 5.95. The average molecular weight is 412 g/mol. The van der Waals surface area contributed by atoms with Gasteiger partial charge < -0.3 is 5.73 Å². The number of nitrogens with two attached hydrogens (primary N) is 1. The molecule has 31 heavy (non-hydrogen) atoms. The van der Waals surface area contributed by atoms with Crippen LogP contribution in [0.1, 0.15) is 11.4 Å². The van der Waals surface area contributed by atoms with Gasteiger partial charge in [0, 0.05) is 43.4 Å². The monoisotopic (exact) mass is 412 g/mol. The number of fused-ring (bicyclic) bond motifs is 2. The normalized spacial score (nSPS) is 19.9. The van der Waals surface area contributed by atoms with Gasteiger partial charge in [0.15, 0.2) is 5.70 Å². The fraction of sp³-hybridized carbons (Fsp3) is 0.227. The molecule has 1 aromatic carbocycles. The van der Waals surface area contributed by atoms with E-state index in [1.165, 1.54) is 0 Å². The summed E-state index contributed by atoms with van der Waals surface area (Å²) in [5.74, 6) is -0.0894. The Morgan fingerprint density at radius 3 is 2.90 bits per heavy atom. The van der Waals surface area contributed by atoms with E-state index in [4.69, 9.17) is 12.3 Å². The van der Waals surface area contributed by atoms with Crippen molar-refractivity contribution in [2.24, 2.45) is 23.8 Å². The summed E-state index contributed by atoms with van der Waals surface area (Å²) in [5, 5.41) is 18.5. The van der Waals surface area contributed by atoms with E-state index in [0.717, 1.165) is 22.4 Å². The highest BCUT2D eigenvalue weighted by atomic mass is 16.1. The maximum absolute atomic E-state index is 12.2. The van der Waals surface area contributed by atoms with E-state index in [-0.39, 0.29) is 24.1 Å². The van der Waals surface area contributed by atoms with Crippen LogP contribution in [0.2, 0.25) is 0 Å². The summed E-state index contributed by atoms with van der Waals surface area (Å²) in [5.41, 5.74) is 10.3. The number of nitrogens with one attached hydrogen (secondary N) is 1. The molecule has 2 aromatic heterocycles. The molecule has 1 aliphatic heterocycles. The molecule has 3 aromatic rings. The summed E-state index contributed by atoms with van der Waals surface area (Å²) >= 11 is 0. The minimum absolute atomic E-state index is 0.0510. The van der Waals surface area contributed by atoms with E-state index in [9.17, 15) is 4.79 Å². The van der Waals surface area contributed by atoms with Gasteiger partial charge in [0.2, 0.25) is 0 Å². The molecule has 3 N–H and O–H groups in total. The van der Waals surface area contributed by atoms with E-state index in [2.05, 4.69) is 31.3 Å². The van der Waals surface area contributed by atoms with Crippen LogP contribution < -0.4 is 11.3 Å². The lowest BCUT2D eigenvalue weighted by Crippen LogP contribution is -2.30. The smallest absolute Gasteiger partial charge is 0.272 e. The van der Waals surface area contributed by atoms with Gasteiger partial charge in [-0.3, -0.25) is 14.5 Å². The van der Waals surface area contributed by atoms with E-state index in [1.807, 2.05) is 43.5 Å². The number of hydrogen-bond acceptors (Lipinski definition) is 6. The van der Waals surface area contributed by atoms with Gasteiger partial charge in [-0.1, -0.05) is 18.2 Å². The maximum atomic E-state index is 12.2. The van der Waals surface area contributed by atoms with Crippen LogP contribution in [0.5, 0.6) is 0 Å². The van der Waals surface area contributed by atoms with E-state index in [0.29, 0.717) is 22.2 Å². The molecule has 154 valence electrons. The first-order chi connectivity index (χ1) is 15.0. The zero-order valence-corrected chi connectivity index (χ0v) is 17.1. The van der Waals surface area contributed by atoms with Crippen LogP contribution in [0.15, 0.2) is 52.1 Å². The molecular formula is C22H20N8O. The van der Waals surface area contributed by atoms with Crippen molar-refractivity contribution in [1.82, 2.24) is 25.0 Å². The number of hydrogen-bond donors (Lipinski definition) is 2. The lowest BCUT2D eigenvalue weighted by Gasteiger charge is -2.26. The highest BCUT2D eigenvalue weighted by Gasteiger charge is 2.35. The number of aromatic amines is 1. The van der Waals surface area contributed by atoms with Gasteiger partial charge in [-0.05, 0) is 17.7 Å². The van der Waals surface area contributed by atoms with Crippen molar-refractivity contribution < 1.29 is 0 Å². The van der Waals surface area contributed by atoms with E-state index in [1.54, 1.807) is 16.9 Å². The first-order valence-corrected chi connectivity index (χ1v) is 9.84. The van der Waals surface area contributed by atoms with Crippen LogP contribution in [-0.2, 0) is 13.6 Å². The number of aromatic nitrogens is 4. The second kappa shape index (κ2) is 7.04. The molecule has 0 radical (unpaired) electrons. The molecule has 0 amide bonds. The Hall–Kier alpha value is -4.03. The molecule has 2 unspecified atom stereocenters. The number of allylic oxidation sites excluding steroid dienone is 2. The maximum Gasteiger partial charge on any atom is 0.272 e. The van der Waals surface area contributed by atoms with E-state index < -0.39 is 0 Å². The summed E-state index contributed by atoms with van der Waals surface area (Å²) in [6.45, 7) is 8.05. The van der Waals surface area contributed by atoms with Gasteiger partial charge in [-0.2, -0.15) is 15.3 Å². The van der Waals surface area contributed by atoms with Crippen molar-refractivity contribution in [3.63, 3.8) is 0 Å². The van der Waals surface area contributed by atoms with Gasteiger partial charge in [-0.15, -0.1) is 0 Å². The van der Waals surface area contributed by atoms with Gasteiger partial charge in [-0.25, -0.2) is 9.94 Å². The van der Waals surface area contributed by atoms with Crippen LogP contribution in [0, 0.1) is 12.5 Å². The quantitative estimate of drug-likeness (QED) is 0.639. The topological polar surface area (TPSA) is 110 Å². The third kappa shape index (κ3) is 2.80. The standard InChI is InChI=1S/C22H20N8O/c1-24-20-14(6-7-19-17(20)11-25-29(19)2)21-16(10-26-30(21)3)12-4-5-13-15(8-12)18(9-23)27-28-22(13)31/h4-8,10-11,17,19H,9,23H2,2-3H3,(H,28,31). The number of nitrogens with zero attached hydrogens (tertiary/aromatic N) is 6. The molecule has 0 spiro atoms. The number of rotatable bonds is 3. The summed E-state index contributed by atoms with van der Waals surface area (Å²) in [6, 6.07) is 5.63. The average Bonchev–Trinajstić information content (AvgIpc) is 3.35. The molecule has 1 aliphatic carbocycles. The molecule has 2 atom stereocenters. The zero-order valence-electron chi connectivity index (χ0n) is 17.1. The Labute approximate surface area is 178 Å². The predicted octanol–water partition coefficient (Wildman–Crippen LogP) is 1.90. The molecule has 0 bridgehead atoms. The molecule has 5 rings (SSSR count). The third-order valence-corrected chi connectivity index (χ3v) is 5.95. The zero-order chi connectivity index (χ0) is 21.7. The minimum atomic E-state index is -0.256. The Kier molecular flexibility index (Phi) is 4.30. The molecular weight excluding hydrogens is 392 g/mol. The van der Waals surface area contributed by atoms with Crippen LogP contribution in [0.25, 0.3) is 32.3 Å². The van der Waals surface area contributed by atoms with Crippen molar-refractivity contribution in [2.75, 3.05) is 7.05 Å². The van der Waals surface area contributed by atoms with Crippen LogP contribution >= 0.6 is 0 Å². The van der Waals surface area contributed by atoms with Crippen molar-refractivity contribution in [1.29, 1.82) is 0 Å². The molecule has 9 heteroatoms. The van der Waals surface area contributed by atoms with Gasteiger partial charge in [0.1, 0.15) is 0 Å². The Morgan fingerprint density at radius 1 is 1.29 bits per heavy atom. The molecule has 0 fully saturated rings. The largest absolute Gasteiger partial charge is 0.325 e. The highest BCUT2D eigenvalue weighted by Crippen LogP contribution is 2.39. The summed E-state index contributed by atoms with van der Waals surface area (Å²) in [7, 11) is 3.77. The van der Waals surface area contributed by atoms with Gasteiger partial charge in [0.05, 0.1) is 41.5 Å². The lowest BCUT2D eigenvalue weighted by molar-refractivity contribution is 0.304. The molecule has 9 nitrogen and oxygen atoms in total. The number of hydrazone groups is 1. The van der Waals surface area contributed by atoms with Gasteiger partial charge >= 0.3 is 0 Å². The van der Waals surface area contributed by atoms with Crippen LogP contribution in [0.4, 0.5) is 0 Å². The number of H-pyrrole nitrogens is 1. The Morgan fingerprint density at radius 2 is 2.13 bits per heavy atom. The van der Waals surface area contributed by atoms with Gasteiger partial charge in [0.25, 0.3) is 5.56 Å². The Bertz CT molecular complexity index is 1400. The van der Waals surface area contributed by atoms with Crippen LogP contribution in [0.3, 0.4) is 0 Å². The number of likely N-dealkylation sites (N-methyl/N-ethyl adjacent to an activating group) is 1. The predicted molar refractivity (Wildman–Crippen MR) is 119 cm³/mol. The summed E-state index contributed by atoms with van der Waals surface area (Å²) in [6.07, 6.45) is 7.68. The lowest BCUT2D eigenvalue weighted by atomic mass is 9.86. The minimum Gasteiger partial charge on any atom is -0.325 e. The molecule has 3 heterocycles. The van der Waals surface area contributed by atoms with Crippen molar-refractivity contribution in [3.05, 3.63) is 75.4 Å². The highest BCUT2D eigenvalue weighted by molar-refractivity contribution is 5.93. The SMILES string of the molecule is [C-]#[N+]C1=C(c2c(-c3ccc4c(=O)[nH]nc(CN)c4c3)cnn2C)C=CC2C1C=NN2C. The molecule has 0 saturated carbocycles. The Balaban J connectivity index is 1.71. The van der Waals surface area contributed by atoms with E-state index >= 15 is 0 Å². The fourth-order valence-electron chi connectivity index (χ4n) is 4.36. The summed E-state index contributed by atoms with van der Waals surface area (Å²) in [4.78, 5) is 16.1. The molecule has 2 aliphatic rings. The first-order valence-electron chi connectivity index (χ1n) is 9.84. The van der Waals surface area contributed by atoms with Crippen molar-refractivity contribution in [2.45, 2.75) is 12.6 Å². The second-order valence-corrected chi connectivity index (χ2v) is 7.62. The van der Waals surface area contributed by atoms with Crippen molar-refractivity contribution in [3.8, 4) is 11.1 Å². The van der Waals surface area contributed by atoms with Crippen LogP contribution in [-0.4, -0.2) is 44.3 Å². The number of aryl methyl sites for hydroxylation is 1. The second-order valence-electron chi connectivity index (χ2n) is 7.62. The fourth-order valence-corrected chi connectivity index (χ4v) is 4.36. The number of benzene rings is 1. The van der Waals surface area contributed by atoms with Crippen molar-refractivity contribution >= 4 is 22.6 Å².